The number of carbonyl (C=O) groups is 1. The number of hydrogen-bond donors (Lipinski definition) is 2. The molecule has 0 fully saturated rings. The van der Waals surface area contributed by atoms with Gasteiger partial charge in [0.2, 0.25) is 0 Å². The first-order chi connectivity index (χ1) is 14.0. The lowest BCUT2D eigenvalue weighted by Gasteiger charge is -2.11. The summed E-state index contributed by atoms with van der Waals surface area (Å²) in [6, 6.07) is 9.43. The molecule has 0 amide bonds. The van der Waals surface area contributed by atoms with E-state index >= 15 is 0 Å². The minimum Gasteiger partial charge on any atom is -0.495 e. The van der Waals surface area contributed by atoms with E-state index in [0.29, 0.717) is 35.3 Å². The number of nitrogens with zero attached hydrogens (tertiary/aromatic N) is 2. The van der Waals surface area contributed by atoms with E-state index in [4.69, 9.17) is 9.47 Å². The fraction of sp³-hybridized carbons (Fsp3) is 0.250. The van der Waals surface area contributed by atoms with Crippen LogP contribution in [0.15, 0.2) is 41.1 Å². The first kappa shape index (κ1) is 21.1. The van der Waals surface area contributed by atoms with Gasteiger partial charge in [-0.2, -0.15) is 0 Å². The van der Waals surface area contributed by atoms with Crippen molar-refractivity contribution in [2.24, 2.45) is 0 Å². The lowest BCUT2D eigenvalue weighted by Crippen LogP contribution is -2.07. The number of carboxylic acid groups (broad SMARTS) is 1. The molecule has 7 nitrogen and oxygen atoms in total. The molecule has 0 radical (unpaired) electrons. The number of anilines is 1. The highest BCUT2D eigenvalue weighted by Crippen LogP contribution is 2.36. The molecule has 0 aliphatic rings. The fourth-order valence-corrected chi connectivity index (χ4v) is 4.28. The van der Waals surface area contributed by atoms with Crippen molar-refractivity contribution in [1.29, 1.82) is 0 Å². The highest BCUT2D eigenvalue weighted by molar-refractivity contribution is 9.10. The first-order valence-corrected chi connectivity index (χ1v) is 10.5. The van der Waals surface area contributed by atoms with E-state index in [2.05, 4.69) is 31.2 Å². The van der Waals surface area contributed by atoms with Crippen LogP contribution in [0.4, 0.5) is 5.82 Å². The Kier molecular flexibility index (Phi) is 7.05. The number of nitrogens with one attached hydrogen (secondary N) is 1. The normalized spacial score (nSPS) is 10.6. The van der Waals surface area contributed by atoms with Crippen LogP contribution < -0.4 is 14.8 Å². The summed E-state index contributed by atoms with van der Waals surface area (Å²) in [5, 5.41) is 12.6. The molecule has 0 spiro atoms. The van der Waals surface area contributed by atoms with Crippen molar-refractivity contribution in [3.8, 4) is 22.1 Å². The monoisotopic (exact) mass is 477 g/mol. The molecule has 29 heavy (non-hydrogen) atoms. The van der Waals surface area contributed by atoms with Gasteiger partial charge < -0.3 is 19.9 Å². The smallest absolute Gasteiger partial charge is 0.349 e. The molecule has 2 N–H and O–H groups in total. The maximum absolute atomic E-state index is 11.4. The summed E-state index contributed by atoms with van der Waals surface area (Å²) in [6.45, 7) is 2.86. The SMILES string of the molecule is CCOc1cc(-c2cc(NCCc3cccc(Br)c3OC)ncn2)sc1C(=O)O. The Labute approximate surface area is 180 Å². The lowest BCUT2D eigenvalue weighted by atomic mass is 10.1. The number of para-hydroxylation sites is 1. The molecule has 152 valence electrons. The Hall–Kier alpha value is -2.65. The third kappa shape index (κ3) is 5.04. The number of carboxylic acids is 1. The summed E-state index contributed by atoms with van der Waals surface area (Å²) in [5.41, 5.74) is 1.72. The van der Waals surface area contributed by atoms with Crippen LogP contribution in [0.3, 0.4) is 0 Å². The van der Waals surface area contributed by atoms with E-state index in [1.54, 1.807) is 19.2 Å². The Bertz CT molecular complexity index is 1010. The maximum Gasteiger partial charge on any atom is 0.349 e. The molecule has 0 bridgehead atoms. The molecule has 3 aromatic rings. The number of thiophene rings is 1. The zero-order valence-corrected chi connectivity index (χ0v) is 18.3. The van der Waals surface area contributed by atoms with Crippen LogP contribution in [0.2, 0.25) is 0 Å². The molecular formula is C20H20BrN3O4S. The van der Waals surface area contributed by atoms with Crippen LogP contribution in [0.25, 0.3) is 10.6 Å². The van der Waals surface area contributed by atoms with Gasteiger partial charge in [0.25, 0.3) is 0 Å². The lowest BCUT2D eigenvalue weighted by molar-refractivity contribution is 0.0698. The van der Waals surface area contributed by atoms with E-state index in [0.717, 1.165) is 33.5 Å². The number of aromatic nitrogens is 2. The van der Waals surface area contributed by atoms with Gasteiger partial charge in [-0.05, 0) is 40.9 Å². The molecule has 0 atom stereocenters. The van der Waals surface area contributed by atoms with Gasteiger partial charge in [-0.25, -0.2) is 14.8 Å². The Morgan fingerprint density at radius 2 is 2.14 bits per heavy atom. The highest BCUT2D eigenvalue weighted by atomic mass is 79.9. The number of rotatable bonds is 9. The second kappa shape index (κ2) is 9.71. The van der Waals surface area contributed by atoms with Crippen LogP contribution in [0.5, 0.6) is 11.5 Å². The molecule has 0 saturated carbocycles. The van der Waals surface area contributed by atoms with Crippen molar-refractivity contribution >= 4 is 39.1 Å². The molecule has 0 saturated heterocycles. The second-order valence-electron chi connectivity index (χ2n) is 5.94. The third-order valence-corrected chi connectivity index (χ3v) is 5.82. The topological polar surface area (TPSA) is 93.6 Å². The van der Waals surface area contributed by atoms with E-state index in [1.807, 2.05) is 25.1 Å². The Morgan fingerprint density at radius 1 is 1.31 bits per heavy atom. The Morgan fingerprint density at radius 3 is 2.86 bits per heavy atom. The highest BCUT2D eigenvalue weighted by Gasteiger charge is 2.18. The van der Waals surface area contributed by atoms with Crippen LogP contribution in [0, 0.1) is 0 Å². The number of methoxy groups -OCH3 is 1. The van der Waals surface area contributed by atoms with Crippen molar-refractivity contribution in [2.45, 2.75) is 13.3 Å². The molecule has 0 aliphatic heterocycles. The minimum atomic E-state index is -1.01. The predicted molar refractivity (Wildman–Crippen MR) is 116 cm³/mol. The van der Waals surface area contributed by atoms with Crippen LogP contribution in [0.1, 0.15) is 22.2 Å². The summed E-state index contributed by atoms with van der Waals surface area (Å²) >= 11 is 4.62. The van der Waals surface area contributed by atoms with Crippen molar-refractivity contribution in [3.63, 3.8) is 0 Å². The molecule has 9 heteroatoms. The van der Waals surface area contributed by atoms with E-state index in [-0.39, 0.29) is 4.88 Å². The van der Waals surface area contributed by atoms with Crippen LogP contribution in [-0.4, -0.2) is 41.3 Å². The average Bonchev–Trinajstić information content (AvgIpc) is 3.13. The average molecular weight is 478 g/mol. The molecule has 0 aliphatic carbocycles. The molecular weight excluding hydrogens is 458 g/mol. The number of ether oxygens (including phenoxy) is 2. The van der Waals surface area contributed by atoms with Crippen molar-refractivity contribution in [2.75, 3.05) is 25.6 Å². The van der Waals surface area contributed by atoms with Gasteiger partial charge >= 0.3 is 5.97 Å². The number of aromatic carboxylic acids is 1. The summed E-state index contributed by atoms with van der Waals surface area (Å²) in [7, 11) is 1.65. The summed E-state index contributed by atoms with van der Waals surface area (Å²) < 4.78 is 11.8. The van der Waals surface area contributed by atoms with E-state index < -0.39 is 5.97 Å². The molecule has 1 aromatic carbocycles. The predicted octanol–water partition coefficient (Wildman–Crippen LogP) is 4.73. The number of hydrogen-bond acceptors (Lipinski definition) is 7. The van der Waals surface area contributed by atoms with Crippen LogP contribution in [-0.2, 0) is 6.42 Å². The van der Waals surface area contributed by atoms with Crippen LogP contribution >= 0.6 is 27.3 Å². The largest absolute Gasteiger partial charge is 0.495 e. The first-order valence-electron chi connectivity index (χ1n) is 8.91. The van der Waals surface area contributed by atoms with Gasteiger partial charge in [0.05, 0.1) is 28.8 Å². The van der Waals surface area contributed by atoms with Gasteiger partial charge in [0.15, 0.2) is 4.88 Å². The quantitative estimate of drug-likeness (QED) is 0.459. The third-order valence-electron chi connectivity index (χ3n) is 4.06. The maximum atomic E-state index is 11.4. The molecule has 2 aromatic heterocycles. The van der Waals surface area contributed by atoms with Gasteiger partial charge in [0, 0.05) is 18.7 Å². The van der Waals surface area contributed by atoms with Crippen molar-refractivity contribution in [3.05, 3.63) is 51.6 Å². The number of benzene rings is 1. The van der Waals surface area contributed by atoms with Crippen molar-refractivity contribution in [1.82, 2.24) is 9.97 Å². The van der Waals surface area contributed by atoms with Crippen molar-refractivity contribution < 1.29 is 19.4 Å². The standard InChI is InChI=1S/C20H20BrN3O4S/c1-3-28-15-10-16(29-19(15)20(25)26)14-9-17(24-11-23-14)22-8-7-12-5-4-6-13(21)18(12)27-2/h4-6,9-11H,3,7-8H2,1-2H3,(H,25,26)(H,22,23,24). The molecule has 2 heterocycles. The van der Waals surface area contributed by atoms with Gasteiger partial charge in [-0.3, -0.25) is 0 Å². The van der Waals surface area contributed by atoms with Gasteiger partial charge in [-0.1, -0.05) is 12.1 Å². The summed E-state index contributed by atoms with van der Waals surface area (Å²) in [4.78, 5) is 20.8. The minimum absolute atomic E-state index is 0.164. The summed E-state index contributed by atoms with van der Waals surface area (Å²) in [6.07, 6.45) is 2.20. The Balaban J connectivity index is 1.73. The number of halogens is 1. The molecule has 3 rings (SSSR count). The summed E-state index contributed by atoms with van der Waals surface area (Å²) in [5.74, 6) is 0.822. The van der Waals surface area contributed by atoms with Gasteiger partial charge in [0.1, 0.15) is 23.6 Å². The fourth-order valence-electron chi connectivity index (χ4n) is 2.81. The van der Waals surface area contributed by atoms with E-state index in [1.165, 1.54) is 6.33 Å². The van der Waals surface area contributed by atoms with E-state index in [9.17, 15) is 9.90 Å². The second-order valence-corrected chi connectivity index (χ2v) is 7.85. The van der Waals surface area contributed by atoms with Gasteiger partial charge in [-0.15, -0.1) is 11.3 Å². The molecule has 0 unspecified atom stereocenters. The zero-order valence-electron chi connectivity index (χ0n) is 15.9. The zero-order chi connectivity index (χ0) is 20.8.